The average molecular weight is 274 g/mol. The number of rotatable bonds is 4. The summed E-state index contributed by atoms with van der Waals surface area (Å²) in [6.07, 6.45) is 3.60. The monoisotopic (exact) mass is 274 g/mol. The van der Waals surface area contributed by atoms with Crippen LogP contribution in [0, 0.1) is 12.3 Å². The van der Waals surface area contributed by atoms with E-state index in [1.54, 1.807) is 20.8 Å². The summed E-state index contributed by atoms with van der Waals surface area (Å²) in [7, 11) is -4.30. The maximum Gasteiger partial charge on any atom is 0.408 e. The van der Waals surface area contributed by atoms with Gasteiger partial charge in [0.1, 0.15) is 0 Å². The number of hydrogen-bond donors (Lipinski definition) is 1. The largest absolute Gasteiger partial charge is 0.428 e. The zero-order valence-corrected chi connectivity index (χ0v) is 11.1. The van der Waals surface area contributed by atoms with E-state index in [1.807, 2.05) is 5.92 Å². The van der Waals surface area contributed by atoms with Crippen molar-refractivity contribution in [3.8, 4) is 12.3 Å². The van der Waals surface area contributed by atoms with Crippen LogP contribution in [0.15, 0.2) is 4.52 Å². The minimum atomic E-state index is -4.30. The molecule has 0 aromatic rings. The van der Waals surface area contributed by atoms with Crippen molar-refractivity contribution in [3.05, 3.63) is 10.4 Å². The molecule has 18 heavy (non-hydrogen) atoms. The summed E-state index contributed by atoms with van der Waals surface area (Å²) in [6.45, 7) is 5.06. The molecule has 0 spiro atoms. The van der Waals surface area contributed by atoms with Gasteiger partial charge in [-0.1, -0.05) is 0 Å². The highest BCUT2D eigenvalue weighted by molar-refractivity contribution is 7.90. The molecule has 8 nitrogen and oxygen atoms in total. The van der Waals surface area contributed by atoms with E-state index in [0.29, 0.717) is 0 Å². The van der Waals surface area contributed by atoms with Crippen molar-refractivity contribution in [1.82, 2.24) is 5.32 Å². The number of terminal acetylenes is 1. The van der Waals surface area contributed by atoms with Gasteiger partial charge in [-0.2, -0.15) is 0 Å². The van der Waals surface area contributed by atoms with Gasteiger partial charge >= 0.3 is 6.09 Å². The Labute approximate surface area is 105 Å². The number of hydrogen-bond acceptors (Lipinski definition) is 4. The molecule has 9 heteroatoms. The van der Waals surface area contributed by atoms with Crippen LogP contribution in [0.5, 0.6) is 0 Å². The summed E-state index contributed by atoms with van der Waals surface area (Å²) < 4.78 is 30.0. The molecule has 0 rings (SSSR count). The fourth-order valence-electron chi connectivity index (χ4n) is 0.863. The van der Waals surface area contributed by atoms with E-state index >= 15 is 0 Å². The van der Waals surface area contributed by atoms with Gasteiger partial charge in [0, 0.05) is 15.0 Å². The first-order valence-electron chi connectivity index (χ1n) is 4.85. The van der Waals surface area contributed by atoms with Crippen LogP contribution in [0.3, 0.4) is 0 Å². The number of alkyl carbamates (subject to hydrolysis) is 1. The van der Waals surface area contributed by atoms with E-state index in [0.717, 1.165) is 0 Å². The Bertz CT molecular complexity index is 494. The van der Waals surface area contributed by atoms with E-state index in [2.05, 4.69) is 19.5 Å². The predicted molar refractivity (Wildman–Crippen MR) is 64.7 cm³/mol. The molecular weight excluding hydrogens is 260 g/mol. The Morgan fingerprint density at radius 3 is 2.56 bits per heavy atom. The molecular formula is C9H14N4O4S. The highest BCUT2D eigenvalue weighted by Gasteiger charge is 2.29. The fraction of sp³-hybridized carbons (Fsp3) is 0.667. The number of azide groups is 1. The van der Waals surface area contributed by atoms with Gasteiger partial charge in [-0.25, -0.2) is 13.2 Å². The molecule has 1 atom stereocenters. The molecule has 0 aromatic heterocycles. The Balaban J connectivity index is 4.92. The van der Waals surface area contributed by atoms with Crippen LogP contribution in [0.4, 0.5) is 4.79 Å². The molecule has 0 bridgehead atoms. The van der Waals surface area contributed by atoms with Crippen molar-refractivity contribution < 1.29 is 17.9 Å². The van der Waals surface area contributed by atoms with Crippen LogP contribution in [-0.2, 0) is 14.8 Å². The average Bonchev–Trinajstić information content (AvgIpc) is 2.13. The third-order valence-electron chi connectivity index (χ3n) is 1.48. The van der Waals surface area contributed by atoms with Crippen LogP contribution in [0.2, 0.25) is 0 Å². The second-order valence-electron chi connectivity index (χ2n) is 4.30. The second kappa shape index (κ2) is 6.14. The molecule has 1 amide bonds. The van der Waals surface area contributed by atoms with E-state index in [-0.39, 0.29) is 0 Å². The van der Waals surface area contributed by atoms with E-state index in [1.165, 1.54) is 0 Å². The number of nitrogens with zero attached hydrogens (tertiary/aromatic N) is 3. The van der Waals surface area contributed by atoms with Crippen LogP contribution in [0.1, 0.15) is 27.2 Å². The molecule has 1 unspecified atom stereocenters. The minimum absolute atomic E-state index is 0.404. The van der Waals surface area contributed by atoms with Crippen molar-refractivity contribution in [1.29, 1.82) is 0 Å². The quantitative estimate of drug-likeness (QED) is 0.361. The molecule has 0 saturated heterocycles. The van der Waals surface area contributed by atoms with Crippen LogP contribution < -0.4 is 5.32 Å². The number of ether oxygens (including phenoxy) is 1. The number of carbonyl (C=O) groups is 1. The van der Waals surface area contributed by atoms with Gasteiger partial charge in [0.15, 0.2) is 0 Å². The molecule has 0 fully saturated rings. The summed E-state index contributed by atoms with van der Waals surface area (Å²) in [4.78, 5) is 13.5. The normalized spacial score (nSPS) is 12.8. The van der Waals surface area contributed by atoms with E-state index in [4.69, 9.17) is 12.0 Å². The summed E-state index contributed by atoms with van der Waals surface area (Å²) in [5.41, 5.74) is 5.82. The summed E-state index contributed by atoms with van der Waals surface area (Å²) in [5.74, 6) is 2.03. The Morgan fingerprint density at radius 1 is 1.61 bits per heavy atom. The summed E-state index contributed by atoms with van der Waals surface area (Å²) >= 11 is 0. The molecule has 1 N–H and O–H groups in total. The van der Waals surface area contributed by atoms with E-state index < -0.39 is 33.5 Å². The lowest BCUT2D eigenvalue weighted by Crippen LogP contribution is -2.43. The SMILES string of the molecule is C#CCC(OC(=O)NC(C)(C)C)S(=O)(=O)N=[N+]=[N-]. The van der Waals surface area contributed by atoms with Crippen LogP contribution in [0.25, 0.3) is 10.4 Å². The summed E-state index contributed by atoms with van der Waals surface area (Å²) in [5, 5.41) is 2.39. The van der Waals surface area contributed by atoms with Crippen LogP contribution >= 0.6 is 0 Å². The number of sulfonamides is 1. The third kappa shape index (κ3) is 5.98. The highest BCUT2D eigenvalue weighted by atomic mass is 32.2. The van der Waals surface area contributed by atoms with Gasteiger partial charge < -0.3 is 10.1 Å². The number of nitrogens with one attached hydrogen (secondary N) is 1. The van der Waals surface area contributed by atoms with Crippen molar-refractivity contribution in [2.24, 2.45) is 4.52 Å². The topological polar surface area (TPSA) is 121 Å². The number of amides is 1. The molecule has 0 saturated carbocycles. The number of carbonyl (C=O) groups excluding carboxylic acids is 1. The minimum Gasteiger partial charge on any atom is -0.428 e. The Hall–Kier alpha value is -1.91. The van der Waals surface area contributed by atoms with Crippen molar-refractivity contribution in [2.75, 3.05) is 0 Å². The molecule has 0 aromatic carbocycles. The first-order valence-corrected chi connectivity index (χ1v) is 6.35. The van der Waals surface area contributed by atoms with Crippen molar-refractivity contribution in [2.45, 2.75) is 38.2 Å². The van der Waals surface area contributed by atoms with Gasteiger partial charge in [-0.15, -0.1) is 12.3 Å². The van der Waals surface area contributed by atoms with Crippen LogP contribution in [-0.4, -0.2) is 25.5 Å². The predicted octanol–water partition coefficient (Wildman–Crippen LogP) is 1.50. The Kier molecular flexibility index (Phi) is 5.49. The molecule has 0 radical (unpaired) electrons. The molecule has 0 aliphatic heterocycles. The van der Waals surface area contributed by atoms with Gasteiger partial charge in [-0.3, -0.25) is 0 Å². The first-order chi connectivity index (χ1) is 8.12. The zero-order chi connectivity index (χ0) is 14.4. The lowest BCUT2D eigenvalue weighted by molar-refractivity contribution is 0.124. The smallest absolute Gasteiger partial charge is 0.408 e. The van der Waals surface area contributed by atoms with E-state index in [9.17, 15) is 13.2 Å². The highest BCUT2D eigenvalue weighted by Crippen LogP contribution is 2.11. The van der Waals surface area contributed by atoms with Crippen molar-refractivity contribution in [3.63, 3.8) is 0 Å². The maximum absolute atomic E-state index is 11.4. The molecule has 0 heterocycles. The Morgan fingerprint density at radius 2 is 2.17 bits per heavy atom. The van der Waals surface area contributed by atoms with Crippen molar-refractivity contribution >= 4 is 16.1 Å². The van der Waals surface area contributed by atoms with Gasteiger partial charge in [0.25, 0.3) is 10.0 Å². The molecule has 0 aliphatic rings. The van der Waals surface area contributed by atoms with Gasteiger partial charge in [-0.05, 0) is 26.3 Å². The third-order valence-corrected chi connectivity index (χ3v) is 2.71. The standard InChI is InChI=1S/C9H14N4O4S/c1-5-6-7(18(15,16)13-12-10)17-8(14)11-9(2,3)4/h1,7H,6H2,2-4H3,(H,11,14). The molecule has 100 valence electrons. The second-order valence-corrected chi connectivity index (χ2v) is 6.02. The lowest BCUT2D eigenvalue weighted by Gasteiger charge is -2.22. The fourth-order valence-corrected chi connectivity index (χ4v) is 1.59. The molecule has 0 aliphatic carbocycles. The lowest BCUT2D eigenvalue weighted by atomic mass is 10.1. The van der Waals surface area contributed by atoms with Gasteiger partial charge in [0.05, 0.1) is 6.42 Å². The maximum atomic E-state index is 11.4. The van der Waals surface area contributed by atoms with Gasteiger partial charge in [0.2, 0.25) is 5.44 Å². The summed E-state index contributed by atoms with van der Waals surface area (Å²) in [6, 6.07) is 0. The zero-order valence-electron chi connectivity index (χ0n) is 10.2. The first kappa shape index (κ1) is 16.1.